The van der Waals surface area contributed by atoms with Crippen LogP contribution in [0, 0.1) is 0 Å². The Morgan fingerprint density at radius 2 is 1.82 bits per heavy atom. The van der Waals surface area contributed by atoms with Gasteiger partial charge in [-0.15, -0.1) is 11.3 Å². The van der Waals surface area contributed by atoms with E-state index in [0.717, 1.165) is 11.3 Å². The monoisotopic (exact) mass is 246 g/mol. The lowest BCUT2D eigenvalue weighted by Gasteiger charge is -2.06. The van der Waals surface area contributed by atoms with Gasteiger partial charge in [0.2, 0.25) is 0 Å². The molecule has 0 aliphatic carbocycles. The number of aromatic carboxylic acids is 1. The topological polar surface area (TPSA) is 54.4 Å². The highest BCUT2D eigenvalue weighted by atomic mass is 32.1. The van der Waals surface area contributed by atoms with Crippen molar-refractivity contribution in [3.63, 3.8) is 0 Å². The Labute approximate surface area is 102 Å². The molecule has 1 aromatic carbocycles. The van der Waals surface area contributed by atoms with E-state index < -0.39 is 5.97 Å². The first-order chi connectivity index (χ1) is 8.11. The summed E-state index contributed by atoms with van der Waals surface area (Å²) in [4.78, 5) is 22.8. The average Bonchev–Trinajstić information content (AvgIpc) is 2.77. The number of carbonyl (C=O) groups excluding carboxylic acids is 1. The summed E-state index contributed by atoms with van der Waals surface area (Å²) in [5.74, 6) is -1.03. The second kappa shape index (κ2) is 4.51. The largest absolute Gasteiger partial charge is 0.477 e. The molecule has 0 aliphatic rings. The molecular weight excluding hydrogens is 236 g/mol. The minimum absolute atomic E-state index is 0.0665. The van der Waals surface area contributed by atoms with E-state index in [0.29, 0.717) is 16.7 Å². The van der Waals surface area contributed by atoms with Gasteiger partial charge < -0.3 is 5.11 Å². The third-order valence-electron chi connectivity index (χ3n) is 2.46. The first kappa shape index (κ1) is 11.5. The Kier molecular flexibility index (Phi) is 3.06. The molecule has 1 aromatic heterocycles. The Hall–Kier alpha value is -1.94. The van der Waals surface area contributed by atoms with Crippen molar-refractivity contribution in [3.05, 3.63) is 46.2 Å². The maximum atomic E-state index is 11.5. The third-order valence-corrected chi connectivity index (χ3v) is 3.36. The maximum absolute atomic E-state index is 11.5. The zero-order valence-corrected chi connectivity index (χ0v) is 9.95. The highest BCUT2D eigenvalue weighted by Gasteiger charge is 2.16. The molecule has 0 fully saturated rings. The molecule has 2 rings (SSSR count). The van der Waals surface area contributed by atoms with E-state index in [-0.39, 0.29) is 10.7 Å². The van der Waals surface area contributed by atoms with E-state index in [1.165, 1.54) is 6.92 Å². The van der Waals surface area contributed by atoms with E-state index in [4.69, 9.17) is 5.11 Å². The summed E-state index contributed by atoms with van der Waals surface area (Å²) >= 11 is 1.16. The number of benzene rings is 1. The van der Waals surface area contributed by atoms with Gasteiger partial charge in [0.15, 0.2) is 5.78 Å². The molecule has 1 heterocycles. The van der Waals surface area contributed by atoms with E-state index in [2.05, 4.69) is 0 Å². The molecule has 0 radical (unpaired) electrons. The molecule has 0 spiro atoms. The Balaban J connectivity index is 2.64. The molecule has 0 amide bonds. The van der Waals surface area contributed by atoms with Gasteiger partial charge in [-0.05, 0) is 23.9 Å². The van der Waals surface area contributed by atoms with Crippen molar-refractivity contribution in [2.45, 2.75) is 6.92 Å². The zero-order chi connectivity index (χ0) is 12.4. The van der Waals surface area contributed by atoms with Crippen LogP contribution in [-0.4, -0.2) is 16.9 Å². The van der Waals surface area contributed by atoms with Crippen LogP contribution in [-0.2, 0) is 0 Å². The van der Waals surface area contributed by atoms with E-state index in [1.54, 1.807) is 35.7 Å². The van der Waals surface area contributed by atoms with Gasteiger partial charge >= 0.3 is 5.97 Å². The van der Waals surface area contributed by atoms with Crippen LogP contribution in [0.5, 0.6) is 0 Å². The number of hydrogen-bond donors (Lipinski definition) is 1. The SMILES string of the molecule is CC(=O)c1ccccc1-c1ccsc1C(=O)O. The molecule has 4 heteroatoms. The quantitative estimate of drug-likeness (QED) is 0.845. The number of rotatable bonds is 3. The lowest BCUT2D eigenvalue weighted by molar-refractivity contribution is 0.0702. The summed E-state index contributed by atoms with van der Waals surface area (Å²) in [6.07, 6.45) is 0. The number of carboxylic acids is 1. The van der Waals surface area contributed by atoms with Gasteiger partial charge in [-0.1, -0.05) is 24.3 Å². The molecule has 17 heavy (non-hydrogen) atoms. The van der Waals surface area contributed by atoms with Gasteiger partial charge in [-0.25, -0.2) is 4.79 Å². The minimum Gasteiger partial charge on any atom is -0.477 e. The number of hydrogen-bond acceptors (Lipinski definition) is 3. The number of Topliss-reactive ketones (excluding diaryl/α,β-unsaturated/α-hetero) is 1. The van der Waals surface area contributed by atoms with Crippen LogP contribution in [0.25, 0.3) is 11.1 Å². The first-order valence-corrected chi connectivity index (χ1v) is 5.90. The summed E-state index contributed by atoms with van der Waals surface area (Å²) in [5.41, 5.74) is 1.83. The van der Waals surface area contributed by atoms with Crippen LogP contribution in [0.15, 0.2) is 35.7 Å². The second-order valence-corrected chi connectivity index (χ2v) is 4.49. The third kappa shape index (κ3) is 2.12. The summed E-state index contributed by atoms with van der Waals surface area (Å²) in [6, 6.07) is 8.78. The van der Waals surface area contributed by atoms with Crippen molar-refractivity contribution in [2.75, 3.05) is 0 Å². The van der Waals surface area contributed by atoms with Gasteiger partial charge in [0.05, 0.1) is 0 Å². The molecule has 3 nitrogen and oxygen atoms in total. The van der Waals surface area contributed by atoms with E-state index in [9.17, 15) is 9.59 Å². The highest BCUT2D eigenvalue weighted by Crippen LogP contribution is 2.31. The van der Waals surface area contributed by atoms with Gasteiger partial charge in [-0.3, -0.25) is 4.79 Å². The summed E-state index contributed by atoms with van der Waals surface area (Å²) in [7, 11) is 0. The number of carboxylic acid groups (broad SMARTS) is 1. The Morgan fingerprint density at radius 3 is 2.47 bits per heavy atom. The van der Waals surface area contributed by atoms with Crippen LogP contribution in [0.2, 0.25) is 0 Å². The second-order valence-electron chi connectivity index (χ2n) is 3.57. The van der Waals surface area contributed by atoms with Gasteiger partial charge in [0, 0.05) is 11.1 Å². The lowest BCUT2D eigenvalue weighted by atomic mass is 9.98. The van der Waals surface area contributed by atoms with Crippen LogP contribution in [0.4, 0.5) is 0 Å². The molecule has 0 bridgehead atoms. The molecule has 86 valence electrons. The Morgan fingerprint density at radius 1 is 1.12 bits per heavy atom. The van der Waals surface area contributed by atoms with Gasteiger partial charge in [0.25, 0.3) is 0 Å². The molecule has 0 aliphatic heterocycles. The predicted octanol–water partition coefficient (Wildman–Crippen LogP) is 3.32. The van der Waals surface area contributed by atoms with Crippen LogP contribution in [0.3, 0.4) is 0 Å². The maximum Gasteiger partial charge on any atom is 0.346 e. The van der Waals surface area contributed by atoms with Crippen molar-refractivity contribution in [1.29, 1.82) is 0 Å². The van der Waals surface area contributed by atoms with Crippen molar-refractivity contribution in [3.8, 4) is 11.1 Å². The van der Waals surface area contributed by atoms with E-state index >= 15 is 0 Å². The number of ketones is 1. The molecule has 0 atom stereocenters. The summed E-state index contributed by atoms with van der Waals surface area (Å²) in [6.45, 7) is 1.48. The minimum atomic E-state index is -0.964. The molecule has 2 aromatic rings. The number of thiophene rings is 1. The summed E-state index contributed by atoms with van der Waals surface area (Å²) < 4.78 is 0. The molecule has 0 saturated carbocycles. The fourth-order valence-electron chi connectivity index (χ4n) is 1.71. The van der Waals surface area contributed by atoms with Crippen LogP contribution < -0.4 is 0 Å². The highest BCUT2D eigenvalue weighted by molar-refractivity contribution is 7.12. The van der Waals surface area contributed by atoms with Crippen molar-refractivity contribution in [1.82, 2.24) is 0 Å². The smallest absolute Gasteiger partial charge is 0.346 e. The molecule has 1 N–H and O–H groups in total. The fraction of sp³-hybridized carbons (Fsp3) is 0.0769. The Bertz CT molecular complexity index is 584. The zero-order valence-electron chi connectivity index (χ0n) is 9.14. The average molecular weight is 246 g/mol. The van der Waals surface area contributed by atoms with E-state index in [1.807, 2.05) is 0 Å². The summed E-state index contributed by atoms with van der Waals surface area (Å²) in [5, 5.41) is 10.8. The fourth-order valence-corrected chi connectivity index (χ4v) is 2.46. The van der Waals surface area contributed by atoms with Crippen molar-refractivity contribution < 1.29 is 14.7 Å². The van der Waals surface area contributed by atoms with Crippen molar-refractivity contribution in [2.24, 2.45) is 0 Å². The number of carbonyl (C=O) groups is 2. The standard InChI is InChI=1S/C13H10O3S/c1-8(14)9-4-2-3-5-10(9)11-6-7-17-12(11)13(15)16/h2-7H,1H3,(H,15,16). The molecule has 0 unspecified atom stereocenters. The van der Waals surface area contributed by atoms with Crippen LogP contribution >= 0.6 is 11.3 Å². The lowest BCUT2D eigenvalue weighted by Crippen LogP contribution is -1.99. The predicted molar refractivity (Wildman–Crippen MR) is 66.7 cm³/mol. The van der Waals surface area contributed by atoms with Crippen molar-refractivity contribution >= 4 is 23.1 Å². The van der Waals surface area contributed by atoms with Crippen LogP contribution in [0.1, 0.15) is 27.0 Å². The van der Waals surface area contributed by atoms with Gasteiger partial charge in [-0.2, -0.15) is 0 Å². The normalized spacial score (nSPS) is 10.2. The molecule has 0 saturated heterocycles. The van der Waals surface area contributed by atoms with Gasteiger partial charge in [0.1, 0.15) is 4.88 Å². The first-order valence-electron chi connectivity index (χ1n) is 5.02. The molecular formula is C13H10O3S.